The fourth-order valence-electron chi connectivity index (χ4n) is 3.52. The molecule has 120 valence electrons. The van der Waals surface area contributed by atoms with Crippen molar-refractivity contribution in [2.75, 3.05) is 13.1 Å². The van der Waals surface area contributed by atoms with Crippen LogP contribution in [0.3, 0.4) is 0 Å². The van der Waals surface area contributed by atoms with E-state index in [9.17, 15) is 22.8 Å². The van der Waals surface area contributed by atoms with Crippen molar-refractivity contribution in [1.82, 2.24) is 4.90 Å². The minimum atomic E-state index is -4.36. The molecule has 1 aliphatic heterocycles. The van der Waals surface area contributed by atoms with Crippen molar-refractivity contribution in [3.05, 3.63) is 0 Å². The zero-order valence-electron chi connectivity index (χ0n) is 11.9. The number of hydrogen-bond acceptors (Lipinski definition) is 2. The van der Waals surface area contributed by atoms with Crippen LogP contribution >= 0.6 is 0 Å². The van der Waals surface area contributed by atoms with Crippen LogP contribution in [0.25, 0.3) is 0 Å². The van der Waals surface area contributed by atoms with E-state index in [1.165, 1.54) is 4.90 Å². The number of carbonyl (C=O) groups excluding carboxylic acids is 1. The van der Waals surface area contributed by atoms with Gasteiger partial charge in [0.1, 0.15) is 0 Å². The summed E-state index contributed by atoms with van der Waals surface area (Å²) in [6.07, 6.45) is -3.02. The molecule has 2 rings (SSSR count). The van der Waals surface area contributed by atoms with Crippen molar-refractivity contribution in [2.45, 2.75) is 38.8 Å². The van der Waals surface area contributed by atoms with Crippen LogP contribution in [-0.2, 0) is 9.59 Å². The summed E-state index contributed by atoms with van der Waals surface area (Å²) in [6.45, 7) is 1.97. The molecular formula is C14H20F3NO3. The fourth-order valence-corrected chi connectivity index (χ4v) is 3.52. The highest BCUT2D eigenvalue weighted by molar-refractivity contribution is 5.81. The van der Waals surface area contributed by atoms with Gasteiger partial charge in [0.05, 0.1) is 11.8 Å². The average Bonchev–Trinajstić information content (AvgIpc) is 2.79. The molecule has 2 fully saturated rings. The molecule has 2 aliphatic rings. The Kier molecular flexibility index (Phi) is 4.49. The van der Waals surface area contributed by atoms with Crippen molar-refractivity contribution in [2.24, 2.45) is 23.7 Å². The normalized spacial score (nSPS) is 34.0. The molecule has 0 bridgehead atoms. The first kappa shape index (κ1) is 16.1. The standard InChI is InChI=1S/C14H20F3NO3/c1-8-6-18(7-10(8)13(20)21)12(19)9-4-2-3-5-11(9)14(15,16)17/h8-11H,2-7H2,1H3,(H,20,21). The number of likely N-dealkylation sites (tertiary alicyclic amines) is 1. The highest BCUT2D eigenvalue weighted by Gasteiger charge is 2.50. The van der Waals surface area contributed by atoms with Crippen LogP contribution in [0.4, 0.5) is 13.2 Å². The fraction of sp³-hybridized carbons (Fsp3) is 0.857. The van der Waals surface area contributed by atoms with Gasteiger partial charge in [-0.05, 0) is 18.8 Å². The molecule has 1 heterocycles. The summed E-state index contributed by atoms with van der Waals surface area (Å²) in [5.41, 5.74) is 0. The summed E-state index contributed by atoms with van der Waals surface area (Å²) in [6, 6.07) is 0. The van der Waals surface area contributed by atoms with Gasteiger partial charge in [-0.1, -0.05) is 19.8 Å². The third-order valence-corrected chi connectivity index (χ3v) is 4.74. The minimum absolute atomic E-state index is 0.00827. The molecule has 4 nitrogen and oxygen atoms in total. The lowest BCUT2D eigenvalue weighted by Gasteiger charge is -2.34. The van der Waals surface area contributed by atoms with Gasteiger partial charge in [0.2, 0.25) is 5.91 Å². The van der Waals surface area contributed by atoms with Crippen LogP contribution < -0.4 is 0 Å². The van der Waals surface area contributed by atoms with E-state index in [0.717, 1.165) is 0 Å². The highest BCUT2D eigenvalue weighted by atomic mass is 19.4. The number of rotatable bonds is 2. The maximum atomic E-state index is 13.1. The molecule has 0 spiro atoms. The quantitative estimate of drug-likeness (QED) is 0.853. The van der Waals surface area contributed by atoms with Crippen LogP contribution in [0.15, 0.2) is 0 Å². The summed E-state index contributed by atoms with van der Waals surface area (Å²) >= 11 is 0. The average molecular weight is 307 g/mol. The Morgan fingerprint density at radius 2 is 1.71 bits per heavy atom. The lowest BCUT2D eigenvalue weighted by Crippen LogP contribution is -2.44. The Balaban J connectivity index is 2.10. The lowest BCUT2D eigenvalue weighted by atomic mass is 9.78. The van der Waals surface area contributed by atoms with Gasteiger partial charge in [-0.2, -0.15) is 13.2 Å². The van der Waals surface area contributed by atoms with Crippen LogP contribution in [0.2, 0.25) is 0 Å². The Morgan fingerprint density at radius 3 is 2.24 bits per heavy atom. The van der Waals surface area contributed by atoms with Crippen LogP contribution in [-0.4, -0.2) is 41.1 Å². The second kappa shape index (κ2) is 5.85. The molecule has 1 amide bonds. The van der Waals surface area contributed by atoms with Gasteiger partial charge in [-0.3, -0.25) is 9.59 Å². The maximum Gasteiger partial charge on any atom is 0.392 e. The molecule has 1 aliphatic carbocycles. The summed E-state index contributed by atoms with van der Waals surface area (Å²) in [4.78, 5) is 24.8. The topological polar surface area (TPSA) is 57.6 Å². The number of nitrogens with zero attached hydrogens (tertiary/aromatic N) is 1. The molecule has 0 aromatic carbocycles. The molecule has 4 atom stereocenters. The first-order valence-electron chi connectivity index (χ1n) is 7.30. The zero-order valence-corrected chi connectivity index (χ0v) is 11.9. The van der Waals surface area contributed by atoms with Crippen molar-refractivity contribution in [3.8, 4) is 0 Å². The van der Waals surface area contributed by atoms with Gasteiger partial charge in [0, 0.05) is 19.0 Å². The molecule has 7 heteroatoms. The second-order valence-corrected chi connectivity index (χ2v) is 6.20. The highest BCUT2D eigenvalue weighted by Crippen LogP contribution is 2.42. The number of aliphatic carboxylic acids is 1. The first-order chi connectivity index (χ1) is 9.71. The predicted octanol–water partition coefficient (Wildman–Crippen LogP) is 2.53. The van der Waals surface area contributed by atoms with Crippen molar-refractivity contribution in [3.63, 3.8) is 0 Å². The summed E-state index contributed by atoms with van der Waals surface area (Å²) in [7, 11) is 0. The third-order valence-electron chi connectivity index (χ3n) is 4.74. The minimum Gasteiger partial charge on any atom is -0.481 e. The van der Waals surface area contributed by atoms with E-state index in [0.29, 0.717) is 12.8 Å². The van der Waals surface area contributed by atoms with Crippen molar-refractivity contribution in [1.29, 1.82) is 0 Å². The van der Waals surface area contributed by atoms with Gasteiger partial charge in [-0.25, -0.2) is 0 Å². The number of carboxylic acids is 1. The van der Waals surface area contributed by atoms with E-state index in [1.54, 1.807) is 6.92 Å². The zero-order chi connectivity index (χ0) is 15.8. The summed E-state index contributed by atoms with van der Waals surface area (Å²) in [5.74, 6) is -5.04. The molecule has 21 heavy (non-hydrogen) atoms. The Labute approximate surface area is 121 Å². The summed E-state index contributed by atoms with van der Waals surface area (Å²) in [5, 5.41) is 9.06. The number of hydrogen-bond donors (Lipinski definition) is 1. The number of carbonyl (C=O) groups is 2. The van der Waals surface area contributed by atoms with Gasteiger partial charge in [-0.15, -0.1) is 0 Å². The van der Waals surface area contributed by atoms with Gasteiger partial charge < -0.3 is 10.0 Å². The van der Waals surface area contributed by atoms with Crippen molar-refractivity contribution >= 4 is 11.9 Å². The molecule has 0 radical (unpaired) electrons. The first-order valence-corrected chi connectivity index (χ1v) is 7.30. The third kappa shape index (κ3) is 3.32. The van der Waals surface area contributed by atoms with E-state index in [2.05, 4.69) is 0 Å². The maximum absolute atomic E-state index is 13.1. The van der Waals surface area contributed by atoms with Crippen LogP contribution in [0, 0.1) is 23.7 Å². The predicted molar refractivity (Wildman–Crippen MR) is 68.4 cm³/mol. The lowest BCUT2D eigenvalue weighted by molar-refractivity contribution is -0.200. The molecule has 1 saturated carbocycles. The number of halogens is 3. The van der Waals surface area contributed by atoms with Crippen LogP contribution in [0.5, 0.6) is 0 Å². The van der Waals surface area contributed by atoms with Crippen LogP contribution in [0.1, 0.15) is 32.6 Å². The largest absolute Gasteiger partial charge is 0.481 e. The molecule has 4 unspecified atom stereocenters. The monoisotopic (exact) mass is 307 g/mol. The smallest absolute Gasteiger partial charge is 0.392 e. The molecule has 1 N–H and O–H groups in total. The van der Waals surface area contributed by atoms with Gasteiger partial charge in [0.25, 0.3) is 0 Å². The summed E-state index contributed by atoms with van der Waals surface area (Å²) < 4.78 is 39.2. The molecule has 1 saturated heterocycles. The SMILES string of the molecule is CC1CN(C(=O)C2CCCCC2C(F)(F)F)CC1C(=O)O. The molecular weight excluding hydrogens is 287 g/mol. The number of amides is 1. The Morgan fingerprint density at radius 1 is 1.10 bits per heavy atom. The Hall–Kier alpha value is -1.27. The van der Waals surface area contributed by atoms with E-state index >= 15 is 0 Å². The van der Waals surface area contributed by atoms with Crippen molar-refractivity contribution < 1.29 is 27.9 Å². The molecule has 0 aromatic heterocycles. The van der Waals surface area contributed by atoms with Gasteiger partial charge >= 0.3 is 12.1 Å². The number of carboxylic acid groups (broad SMARTS) is 1. The van der Waals surface area contributed by atoms with E-state index in [4.69, 9.17) is 5.11 Å². The van der Waals surface area contributed by atoms with E-state index in [1.807, 2.05) is 0 Å². The van der Waals surface area contributed by atoms with Gasteiger partial charge in [0.15, 0.2) is 0 Å². The second-order valence-electron chi connectivity index (χ2n) is 6.20. The van der Waals surface area contributed by atoms with E-state index < -0.39 is 35.8 Å². The Bertz CT molecular complexity index is 424. The number of alkyl halides is 3. The van der Waals surface area contributed by atoms with E-state index in [-0.39, 0.29) is 31.8 Å². The molecule has 0 aromatic rings.